The van der Waals surface area contributed by atoms with Gasteiger partial charge in [0.05, 0.1) is 21.2 Å². The molecule has 1 N–H and O–H groups in total. The first-order valence-corrected chi connectivity index (χ1v) is 8.74. The Kier molecular flexibility index (Phi) is 4.24. The molecule has 1 heterocycles. The molecule has 0 fully saturated rings. The van der Waals surface area contributed by atoms with E-state index in [1.807, 2.05) is 18.2 Å². The van der Waals surface area contributed by atoms with Crippen molar-refractivity contribution in [1.82, 2.24) is 9.78 Å². The van der Waals surface area contributed by atoms with Gasteiger partial charge >= 0.3 is 0 Å². The Bertz CT molecular complexity index is 1010. The quantitative estimate of drug-likeness (QED) is 0.557. The second-order valence-corrected chi connectivity index (χ2v) is 6.96. The van der Waals surface area contributed by atoms with Gasteiger partial charge in [-0.2, -0.15) is 5.10 Å². The Morgan fingerprint density at radius 3 is 2.32 bits per heavy atom. The number of nitro benzene ring substituents is 1. The first kappa shape index (κ1) is 16.7. The molecule has 3 aromatic rings. The summed E-state index contributed by atoms with van der Waals surface area (Å²) in [7, 11) is -3.91. The van der Waals surface area contributed by atoms with Crippen molar-refractivity contribution in [2.75, 3.05) is 4.72 Å². The monoisotopic (exact) mass is 358 g/mol. The maximum atomic E-state index is 12.6. The predicted octanol–water partition coefficient (Wildman–Crippen LogP) is 2.89. The van der Waals surface area contributed by atoms with Crippen LogP contribution in [0.2, 0.25) is 0 Å². The molecule has 8 nitrogen and oxygen atoms in total. The van der Waals surface area contributed by atoms with Gasteiger partial charge in [0.2, 0.25) is 0 Å². The van der Waals surface area contributed by atoms with E-state index in [0.717, 1.165) is 12.1 Å². The van der Waals surface area contributed by atoms with Gasteiger partial charge in [0.15, 0.2) is 0 Å². The molecular weight excluding hydrogens is 344 g/mol. The van der Waals surface area contributed by atoms with E-state index in [0.29, 0.717) is 11.4 Å². The minimum atomic E-state index is -3.91. The summed E-state index contributed by atoms with van der Waals surface area (Å²) in [6.07, 6.45) is 0. The lowest BCUT2D eigenvalue weighted by Crippen LogP contribution is -2.15. The number of hydrogen-bond acceptors (Lipinski definition) is 5. The first-order valence-electron chi connectivity index (χ1n) is 7.26. The fourth-order valence-electron chi connectivity index (χ4n) is 2.28. The van der Waals surface area contributed by atoms with E-state index < -0.39 is 14.9 Å². The normalized spacial score (nSPS) is 11.2. The zero-order valence-corrected chi connectivity index (χ0v) is 14.0. The summed E-state index contributed by atoms with van der Waals surface area (Å²) in [6.45, 7) is 1.75. The maximum absolute atomic E-state index is 12.6. The van der Waals surface area contributed by atoms with Gasteiger partial charge in [-0.15, -0.1) is 0 Å². The summed E-state index contributed by atoms with van der Waals surface area (Å²) in [5.41, 5.74) is 1.17. The van der Waals surface area contributed by atoms with Crippen LogP contribution in [-0.2, 0) is 10.0 Å². The van der Waals surface area contributed by atoms with Gasteiger partial charge in [0, 0.05) is 18.2 Å². The average molecular weight is 358 g/mol. The molecule has 0 spiro atoms. The lowest BCUT2D eigenvalue weighted by molar-refractivity contribution is -0.384. The largest absolute Gasteiger partial charge is 0.269 e. The van der Waals surface area contributed by atoms with Crippen molar-refractivity contribution in [2.45, 2.75) is 11.8 Å². The summed E-state index contributed by atoms with van der Waals surface area (Å²) in [4.78, 5) is 10.0. The van der Waals surface area contributed by atoms with Gasteiger partial charge in [0.1, 0.15) is 5.82 Å². The molecule has 25 heavy (non-hydrogen) atoms. The minimum Gasteiger partial charge on any atom is -0.263 e. The number of benzene rings is 2. The van der Waals surface area contributed by atoms with Crippen LogP contribution in [-0.4, -0.2) is 23.1 Å². The van der Waals surface area contributed by atoms with E-state index in [1.165, 1.54) is 16.8 Å². The van der Waals surface area contributed by atoms with E-state index in [9.17, 15) is 18.5 Å². The fraction of sp³-hybridized carbons (Fsp3) is 0.0625. The lowest BCUT2D eigenvalue weighted by Gasteiger charge is -2.10. The zero-order valence-electron chi connectivity index (χ0n) is 13.2. The van der Waals surface area contributed by atoms with E-state index in [-0.39, 0.29) is 16.4 Å². The summed E-state index contributed by atoms with van der Waals surface area (Å²) in [5, 5.41) is 15.0. The third kappa shape index (κ3) is 3.50. The molecule has 0 amide bonds. The van der Waals surface area contributed by atoms with Crippen molar-refractivity contribution in [1.29, 1.82) is 0 Å². The van der Waals surface area contributed by atoms with Gasteiger partial charge in [-0.25, -0.2) is 13.1 Å². The number of para-hydroxylation sites is 1. The standard InChI is InChI=1S/C16H14N4O4S/c1-12-11-16(19(17-12)13-5-3-2-4-6-13)18-25(23,24)15-9-7-14(8-10-15)20(21)22/h2-11,18H,1H3. The fourth-order valence-corrected chi connectivity index (χ4v) is 3.31. The van der Waals surface area contributed by atoms with Crippen molar-refractivity contribution in [3.05, 3.63) is 76.5 Å². The second-order valence-electron chi connectivity index (χ2n) is 5.27. The van der Waals surface area contributed by atoms with Crippen molar-refractivity contribution < 1.29 is 13.3 Å². The molecule has 0 aliphatic heterocycles. The van der Waals surface area contributed by atoms with Crippen LogP contribution < -0.4 is 4.72 Å². The third-order valence-corrected chi connectivity index (χ3v) is 4.80. The van der Waals surface area contributed by atoms with E-state index in [1.54, 1.807) is 25.1 Å². The Hall–Kier alpha value is -3.20. The highest BCUT2D eigenvalue weighted by Crippen LogP contribution is 2.22. The number of rotatable bonds is 5. The van der Waals surface area contributed by atoms with Gasteiger partial charge in [0.25, 0.3) is 15.7 Å². The number of nitrogens with zero attached hydrogens (tertiary/aromatic N) is 3. The molecule has 0 aliphatic carbocycles. The second kappa shape index (κ2) is 6.36. The van der Waals surface area contributed by atoms with Crippen LogP contribution >= 0.6 is 0 Å². The van der Waals surface area contributed by atoms with Crippen molar-refractivity contribution >= 4 is 21.5 Å². The highest BCUT2D eigenvalue weighted by Gasteiger charge is 2.19. The van der Waals surface area contributed by atoms with E-state index in [2.05, 4.69) is 9.82 Å². The van der Waals surface area contributed by atoms with E-state index in [4.69, 9.17) is 0 Å². The van der Waals surface area contributed by atoms with Crippen molar-refractivity contribution in [3.63, 3.8) is 0 Å². The Balaban J connectivity index is 1.95. The highest BCUT2D eigenvalue weighted by molar-refractivity contribution is 7.92. The summed E-state index contributed by atoms with van der Waals surface area (Å²) in [6, 6.07) is 15.4. The molecule has 2 aromatic carbocycles. The molecule has 0 aliphatic rings. The Morgan fingerprint density at radius 1 is 1.08 bits per heavy atom. The molecule has 0 radical (unpaired) electrons. The zero-order chi connectivity index (χ0) is 18.0. The van der Waals surface area contributed by atoms with Crippen LogP contribution in [0.1, 0.15) is 5.69 Å². The molecule has 0 unspecified atom stereocenters. The number of sulfonamides is 1. The van der Waals surface area contributed by atoms with Crippen molar-refractivity contribution in [2.24, 2.45) is 0 Å². The summed E-state index contributed by atoms with van der Waals surface area (Å²) in [5.74, 6) is 0.280. The molecular formula is C16H14N4O4S. The first-order chi connectivity index (χ1) is 11.9. The van der Waals surface area contributed by atoms with E-state index >= 15 is 0 Å². The number of anilines is 1. The molecule has 0 saturated heterocycles. The number of aromatic nitrogens is 2. The molecule has 9 heteroatoms. The number of nitro groups is 1. The predicted molar refractivity (Wildman–Crippen MR) is 92.2 cm³/mol. The van der Waals surface area contributed by atoms with Crippen LogP contribution in [0, 0.1) is 17.0 Å². The molecule has 3 rings (SSSR count). The van der Waals surface area contributed by atoms with Crippen LogP contribution in [0.25, 0.3) is 5.69 Å². The van der Waals surface area contributed by atoms with Crippen molar-refractivity contribution in [3.8, 4) is 5.69 Å². The molecule has 1 aromatic heterocycles. The van der Waals surface area contributed by atoms with Gasteiger partial charge < -0.3 is 0 Å². The van der Waals surface area contributed by atoms with Crippen LogP contribution in [0.4, 0.5) is 11.5 Å². The molecule has 0 bridgehead atoms. The number of nitrogens with one attached hydrogen (secondary N) is 1. The highest BCUT2D eigenvalue weighted by atomic mass is 32.2. The molecule has 128 valence electrons. The Morgan fingerprint density at radius 2 is 1.72 bits per heavy atom. The summed E-state index contributed by atoms with van der Waals surface area (Å²) >= 11 is 0. The smallest absolute Gasteiger partial charge is 0.263 e. The number of non-ortho nitro benzene ring substituents is 1. The lowest BCUT2D eigenvalue weighted by atomic mass is 10.3. The van der Waals surface area contributed by atoms with Gasteiger partial charge in [-0.05, 0) is 31.2 Å². The molecule has 0 atom stereocenters. The Labute approximate surface area is 143 Å². The summed E-state index contributed by atoms with van der Waals surface area (Å²) < 4.78 is 29.1. The van der Waals surface area contributed by atoms with Crippen LogP contribution in [0.5, 0.6) is 0 Å². The topological polar surface area (TPSA) is 107 Å². The van der Waals surface area contributed by atoms with Gasteiger partial charge in [-0.1, -0.05) is 18.2 Å². The SMILES string of the molecule is Cc1cc(NS(=O)(=O)c2ccc([N+](=O)[O-])cc2)n(-c2ccccc2)n1. The van der Waals surface area contributed by atoms with Gasteiger partial charge in [-0.3, -0.25) is 14.8 Å². The molecule has 0 saturated carbocycles. The maximum Gasteiger partial charge on any atom is 0.269 e. The average Bonchev–Trinajstić information content (AvgIpc) is 2.95. The van der Waals surface area contributed by atoms with Crippen LogP contribution in [0.3, 0.4) is 0 Å². The minimum absolute atomic E-state index is 0.0726. The number of aryl methyl sites for hydroxylation is 1. The van der Waals surface area contributed by atoms with Crippen LogP contribution in [0.15, 0.2) is 65.6 Å². The third-order valence-electron chi connectivity index (χ3n) is 3.43. The number of hydrogen-bond donors (Lipinski definition) is 1.